The van der Waals surface area contributed by atoms with Gasteiger partial charge in [-0.3, -0.25) is 13.9 Å². The molecule has 1 unspecified atom stereocenters. The fourth-order valence-corrected chi connectivity index (χ4v) is 4.83. The van der Waals surface area contributed by atoms with Crippen LogP contribution in [-0.2, 0) is 26.2 Å². The lowest BCUT2D eigenvalue weighted by molar-refractivity contribution is -0.140. The van der Waals surface area contributed by atoms with Crippen LogP contribution in [-0.4, -0.2) is 51.0 Å². The first-order chi connectivity index (χ1) is 17.6. The fourth-order valence-electron chi connectivity index (χ4n) is 3.98. The second-order valence-electron chi connectivity index (χ2n) is 8.67. The molecule has 1 N–H and O–H groups in total. The number of anilines is 1. The number of benzene rings is 3. The molecule has 0 saturated heterocycles. The summed E-state index contributed by atoms with van der Waals surface area (Å²) in [6.45, 7) is 3.48. The van der Waals surface area contributed by atoms with Gasteiger partial charge in [-0.25, -0.2) is 8.42 Å². The van der Waals surface area contributed by atoms with Gasteiger partial charge in [0.2, 0.25) is 21.8 Å². The van der Waals surface area contributed by atoms with E-state index in [-0.39, 0.29) is 12.5 Å². The van der Waals surface area contributed by atoms with Crippen LogP contribution >= 0.6 is 0 Å². The zero-order chi connectivity index (χ0) is 27.0. The molecule has 2 amide bonds. The van der Waals surface area contributed by atoms with Crippen LogP contribution in [0.15, 0.2) is 78.9 Å². The second kappa shape index (κ2) is 12.4. The molecule has 0 aromatic heterocycles. The lowest BCUT2D eigenvalue weighted by atomic mass is 10.1. The molecule has 3 rings (SSSR count). The number of amides is 2. The first-order valence-electron chi connectivity index (χ1n) is 12.0. The van der Waals surface area contributed by atoms with Crippen LogP contribution in [0.1, 0.15) is 24.5 Å². The molecule has 9 heteroatoms. The number of rotatable bonds is 11. The van der Waals surface area contributed by atoms with Crippen LogP contribution in [0, 0.1) is 6.92 Å². The van der Waals surface area contributed by atoms with E-state index in [9.17, 15) is 18.0 Å². The van der Waals surface area contributed by atoms with Crippen molar-refractivity contribution in [3.05, 3.63) is 90.0 Å². The maximum atomic E-state index is 13.6. The van der Waals surface area contributed by atoms with Crippen LogP contribution < -0.4 is 14.4 Å². The van der Waals surface area contributed by atoms with Gasteiger partial charge in [-0.2, -0.15) is 0 Å². The molecule has 0 bridgehead atoms. The van der Waals surface area contributed by atoms with E-state index in [1.165, 1.54) is 11.9 Å². The highest BCUT2D eigenvalue weighted by Crippen LogP contribution is 2.26. The summed E-state index contributed by atoms with van der Waals surface area (Å²) in [5.41, 5.74) is 2.17. The zero-order valence-corrected chi connectivity index (χ0v) is 22.4. The number of nitrogens with one attached hydrogen (secondary N) is 1. The highest BCUT2D eigenvalue weighted by Gasteiger charge is 2.31. The minimum atomic E-state index is -3.81. The Morgan fingerprint density at radius 1 is 0.919 bits per heavy atom. The summed E-state index contributed by atoms with van der Waals surface area (Å²) in [7, 11) is -2.30. The van der Waals surface area contributed by atoms with E-state index in [0.29, 0.717) is 23.6 Å². The highest BCUT2D eigenvalue weighted by atomic mass is 32.2. The Kier molecular flexibility index (Phi) is 9.30. The number of aryl methyl sites for hydroxylation is 1. The maximum Gasteiger partial charge on any atom is 0.244 e. The van der Waals surface area contributed by atoms with Gasteiger partial charge in [-0.05, 0) is 60.9 Å². The number of carbonyl (C=O) groups excluding carboxylic acids is 2. The van der Waals surface area contributed by atoms with Gasteiger partial charge in [0.25, 0.3) is 0 Å². The van der Waals surface area contributed by atoms with Gasteiger partial charge < -0.3 is 15.0 Å². The van der Waals surface area contributed by atoms with E-state index < -0.39 is 28.5 Å². The molecule has 3 aromatic rings. The SMILES string of the molecule is CCC(C(=O)NC)N(Cc1ccccc1C)C(=O)CN(c1ccc(Oc2ccccc2)cc1)S(C)(=O)=O. The Labute approximate surface area is 218 Å². The summed E-state index contributed by atoms with van der Waals surface area (Å²) in [6.07, 6.45) is 1.43. The molecular formula is C28H33N3O5S. The zero-order valence-electron chi connectivity index (χ0n) is 21.5. The predicted molar refractivity (Wildman–Crippen MR) is 145 cm³/mol. The normalized spacial score (nSPS) is 11.9. The monoisotopic (exact) mass is 523 g/mol. The van der Waals surface area contributed by atoms with Crippen molar-refractivity contribution in [2.45, 2.75) is 32.9 Å². The Hall–Kier alpha value is -3.85. The number of ether oxygens (including phenoxy) is 1. The van der Waals surface area contributed by atoms with Crippen molar-refractivity contribution < 1.29 is 22.7 Å². The van der Waals surface area contributed by atoms with Gasteiger partial charge in [0, 0.05) is 13.6 Å². The third-order valence-electron chi connectivity index (χ3n) is 6.02. The van der Waals surface area contributed by atoms with Crippen LogP contribution in [0.25, 0.3) is 0 Å². The van der Waals surface area contributed by atoms with Crippen molar-refractivity contribution in [2.75, 3.05) is 24.2 Å². The first kappa shape index (κ1) is 27.7. The van der Waals surface area contributed by atoms with Gasteiger partial charge in [-0.1, -0.05) is 49.4 Å². The third kappa shape index (κ3) is 7.33. The van der Waals surface area contributed by atoms with Crippen molar-refractivity contribution in [1.82, 2.24) is 10.2 Å². The number of sulfonamides is 1. The molecule has 8 nitrogen and oxygen atoms in total. The molecule has 0 aliphatic carbocycles. The minimum absolute atomic E-state index is 0.179. The van der Waals surface area contributed by atoms with Crippen molar-refractivity contribution in [3.8, 4) is 11.5 Å². The summed E-state index contributed by atoms with van der Waals surface area (Å²) in [4.78, 5) is 27.7. The molecule has 0 saturated carbocycles. The lowest BCUT2D eigenvalue weighted by Gasteiger charge is -2.33. The summed E-state index contributed by atoms with van der Waals surface area (Å²) < 4.78 is 32.3. The van der Waals surface area contributed by atoms with E-state index in [1.54, 1.807) is 24.3 Å². The van der Waals surface area contributed by atoms with Gasteiger partial charge in [-0.15, -0.1) is 0 Å². The molecular weight excluding hydrogens is 490 g/mol. The molecule has 1 atom stereocenters. The van der Waals surface area contributed by atoms with Crippen molar-refractivity contribution >= 4 is 27.5 Å². The van der Waals surface area contributed by atoms with Crippen molar-refractivity contribution in [1.29, 1.82) is 0 Å². The Bertz CT molecular complexity index is 1310. The number of likely N-dealkylation sites (N-methyl/N-ethyl adjacent to an activating group) is 1. The van der Waals surface area contributed by atoms with Crippen LogP contribution in [0.5, 0.6) is 11.5 Å². The number of para-hydroxylation sites is 1. The average Bonchev–Trinajstić information content (AvgIpc) is 2.88. The van der Waals surface area contributed by atoms with Gasteiger partial charge in [0.05, 0.1) is 11.9 Å². The molecule has 0 spiro atoms. The average molecular weight is 524 g/mol. The smallest absolute Gasteiger partial charge is 0.244 e. The van der Waals surface area contributed by atoms with Gasteiger partial charge in [0.1, 0.15) is 24.1 Å². The van der Waals surface area contributed by atoms with E-state index in [4.69, 9.17) is 4.74 Å². The molecule has 37 heavy (non-hydrogen) atoms. The summed E-state index contributed by atoms with van der Waals surface area (Å²) in [5.74, 6) is 0.394. The predicted octanol–water partition coefficient (Wildman–Crippen LogP) is 4.11. The number of hydrogen-bond acceptors (Lipinski definition) is 5. The minimum Gasteiger partial charge on any atom is -0.457 e. The van der Waals surface area contributed by atoms with Crippen molar-refractivity contribution in [3.63, 3.8) is 0 Å². The summed E-state index contributed by atoms with van der Waals surface area (Å²) in [5, 5.41) is 2.61. The molecule has 3 aromatic carbocycles. The number of carbonyl (C=O) groups is 2. The van der Waals surface area contributed by atoms with Crippen LogP contribution in [0.4, 0.5) is 5.69 Å². The van der Waals surface area contributed by atoms with E-state index in [2.05, 4.69) is 5.32 Å². The van der Waals surface area contributed by atoms with Gasteiger partial charge in [0.15, 0.2) is 0 Å². The Morgan fingerprint density at radius 2 is 1.51 bits per heavy atom. The van der Waals surface area contributed by atoms with Crippen LogP contribution in [0.3, 0.4) is 0 Å². The van der Waals surface area contributed by atoms with Crippen LogP contribution in [0.2, 0.25) is 0 Å². The first-order valence-corrected chi connectivity index (χ1v) is 13.8. The standard InChI is InChI=1S/C28H33N3O5S/c1-5-26(28(33)29-3)30(19-22-12-10-9-11-21(22)2)27(32)20-31(37(4,34)35)23-15-17-25(18-16-23)36-24-13-7-6-8-14-24/h6-18,26H,5,19-20H2,1-4H3,(H,29,33). The second-order valence-corrected chi connectivity index (χ2v) is 10.6. The molecule has 0 fully saturated rings. The van der Waals surface area contributed by atoms with E-state index >= 15 is 0 Å². The largest absolute Gasteiger partial charge is 0.457 e. The van der Waals surface area contributed by atoms with Gasteiger partial charge >= 0.3 is 0 Å². The summed E-state index contributed by atoms with van der Waals surface area (Å²) in [6, 6.07) is 22.5. The maximum absolute atomic E-state index is 13.6. The van der Waals surface area contributed by atoms with E-state index in [1.807, 2.05) is 68.4 Å². The third-order valence-corrected chi connectivity index (χ3v) is 7.16. The molecule has 0 heterocycles. The summed E-state index contributed by atoms with van der Waals surface area (Å²) >= 11 is 0. The topological polar surface area (TPSA) is 96.0 Å². The molecule has 0 radical (unpaired) electrons. The number of nitrogens with zero attached hydrogens (tertiary/aromatic N) is 2. The molecule has 196 valence electrons. The Balaban J connectivity index is 1.89. The van der Waals surface area contributed by atoms with Crippen molar-refractivity contribution in [2.24, 2.45) is 0 Å². The Morgan fingerprint density at radius 3 is 2.08 bits per heavy atom. The quantitative estimate of drug-likeness (QED) is 0.408. The highest BCUT2D eigenvalue weighted by molar-refractivity contribution is 7.92. The fraction of sp³-hybridized carbons (Fsp3) is 0.286. The molecule has 0 aliphatic heterocycles. The van der Waals surface area contributed by atoms with E-state index in [0.717, 1.165) is 21.7 Å². The lowest BCUT2D eigenvalue weighted by Crippen LogP contribution is -2.51. The molecule has 0 aliphatic rings. The number of hydrogen-bond donors (Lipinski definition) is 1.